The van der Waals surface area contributed by atoms with Crippen LogP contribution in [0.25, 0.3) is 0 Å². The van der Waals surface area contributed by atoms with Crippen molar-refractivity contribution in [3.05, 3.63) is 39.6 Å². The average molecular weight is 262 g/mol. The minimum atomic E-state index is -0.111. The van der Waals surface area contributed by atoms with E-state index in [1.165, 1.54) is 0 Å². The number of rotatable bonds is 4. The first-order valence-electron chi connectivity index (χ1n) is 6.12. The molecule has 0 aliphatic heterocycles. The second-order valence-corrected chi connectivity index (χ2v) is 4.59. The molecule has 7 heteroatoms. The summed E-state index contributed by atoms with van der Waals surface area (Å²) in [6.45, 7) is 6.05. The van der Waals surface area contributed by atoms with Crippen LogP contribution >= 0.6 is 0 Å². The fraction of sp³-hybridized carbons (Fsp3) is 0.500. The lowest BCUT2D eigenvalue weighted by atomic mass is 10.1. The Hall–Kier alpha value is -2.02. The topological polar surface area (TPSA) is 88.5 Å². The van der Waals surface area contributed by atoms with Crippen LogP contribution in [0.5, 0.6) is 0 Å². The van der Waals surface area contributed by atoms with Crippen LogP contribution in [0.15, 0.2) is 11.1 Å². The number of aromatic nitrogens is 5. The van der Waals surface area contributed by atoms with Gasteiger partial charge in [-0.15, -0.1) is 0 Å². The Kier molecular flexibility index (Phi) is 3.75. The molecule has 0 spiro atoms. The van der Waals surface area contributed by atoms with Crippen molar-refractivity contribution in [3.8, 4) is 0 Å². The Morgan fingerprint density at radius 3 is 2.79 bits per heavy atom. The molecule has 2 rings (SSSR count). The minimum absolute atomic E-state index is 0.0982. The molecule has 0 amide bonds. The molecular weight excluding hydrogens is 244 g/mol. The van der Waals surface area contributed by atoms with Crippen molar-refractivity contribution in [2.75, 3.05) is 0 Å². The Balaban J connectivity index is 2.12. The van der Waals surface area contributed by atoms with Gasteiger partial charge in [0.2, 0.25) is 0 Å². The van der Waals surface area contributed by atoms with E-state index < -0.39 is 0 Å². The summed E-state index contributed by atoms with van der Waals surface area (Å²) in [5.74, 6) is 1.33. The molecule has 0 radical (unpaired) electrons. The second-order valence-electron chi connectivity index (χ2n) is 4.59. The second kappa shape index (κ2) is 5.31. The molecule has 0 saturated heterocycles. The van der Waals surface area contributed by atoms with E-state index in [4.69, 9.17) is 0 Å². The Morgan fingerprint density at radius 2 is 2.21 bits per heavy atom. The molecule has 0 bridgehead atoms. The van der Waals surface area contributed by atoms with E-state index in [9.17, 15) is 4.79 Å². The molecule has 2 heterocycles. The fourth-order valence-electron chi connectivity index (χ4n) is 2.06. The van der Waals surface area contributed by atoms with E-state index in [2.05, 4.69) is 25.4 Å². The van der Waals surface area contributed by atoms with Crippen LogP contribution in [-0.4, -0.2) is 24.7 Å². The third-order valence-corrected chi connectivity index (χ3v) is 2.91. The SMILES string of the molecule is Cc1nc(C)c(C(C)NCc2ncn(C)n2)c(=O)[nH]1. The molecule has 0 fully saturated rings. The zero-order chi connectivity index (χ0) is 14.0. The fourth-order valence-corrected chi connectivity index (χ4v) is 2.06. The largest absolute Gasteiger partial charge is 0.310 e. The molecule has 0 aliphatic rings. The van der Waals surface area contributed by atoms with Crippen molar-refractivity contribution in [2.45, 2.75) is 33.4 Å². The van der Waals surface area contributed by atoms with E-state index in [0.29, 0.717) is 23.8 Å². The smallest absolute Gasteiger partial charge is 0.255 e. The average Bonchev–Trinajstić information content (AvgIpc) is 2.71. The predicted octanol–water partition coefficient (Wildman–Crippen LogP) is 0.366. The quantitative estimate of drug-likeness (QED) is 0.831. The van der Waals surface area contributed by atoms with Gasteiger partial charge in [-0.1, -0.05) is 0 Å². The van der Waals surface area contributed by atoms with Gasteiger partial charge in [0.05, 0.1) is 12.1 Å². The van der Waals surface area contributed by atoms with Gasteiger partial charge in [0, 0.05) is 18.8 Å². The van der Waals surface area contributed by atoms with Crippen LogP contribution < -0.4 is 10.9 Å². The molecule has 0 aliphatic carbocycles. The third-order valence-electron chi connectivity index (χ3n) is 2.91. The van der Waals surface area contributed by atoms with E-state index >= 15 is 0 Å². The standard InChI is InChI=1S/C12H18N6O/c1-7(13-5-10-14-6-18(4)17-10)11-8(2)15-9(3)16-12(11)19/h6-7,13H,5H2,1-4H3,(H,15,16,19). The zero-order valence-electron chi connectivity index (χ0n) is 11.6. The minimum Gasteiger partial charge on any atom is -0.310 e. The summed E-state index contributed by atoms with van der Waals surface area (Å²) in [7, 11) is 1.82. The van der Waals surface area contributed by atoms with Crippen LogP contribution in [0.2, 0.25) is 0 Å². The highest BCUT2D eigenvalue weighted by Gasteiger charge is 2.14. The molecule has 1 atom stereocenters. The van der Waals surface area contributed by atoms with Gasteiger partial charge >= 0.3 is 0 Å². The molecule has 1 unspecified atom stereocenters. The first-order valence-corrected chi connectivity index (χ1v) is 6.12. The Bertz CT molecular complexity index is 629. The highest BCUT2D eigenvalue weighted by Crippen LogP contribution is 2.11. The van der Waals surface area contributed by atoms with Crippen LogP contribution in [0.4, 0.5) is 0 Å². The Labute approximate surface area is 111 Å². The summed E-state index contributed by atoms with van der Waals surface area (Å²) < 4.78 is 1.65. The molecule has 2 N–H and O–H groups in total. The van der Waals surface area contributed by atoms with E-state index in [1.807, 2.05) is 20.9 Å². The van der Waals surface area contributed by atoms with Gasteiger partial charge in [0.15, 0.2) is 5.82 Å². The van der Waals surface area contributed by atoms with Crippen LogP contribution in [0.1, 0.15) is 35.9 Å². The lowest BCUT2D eigenvalue weighted by molar-refractivity contribution is 0.546. The maximum Gasteiger partial charge on any atom is 0.255 e. The number of aromatic amines is 1. The van der Waals surface area contributed by atoms with E-state index in [1.54, 1.807) is 17.9 Å². The monoisotopic (exact) mass is 262 g/mol. The number of H-pyrrole nitrogens is 1. The molecule has 0 aromatic carbocycles. The molecular formula is C12H18N6O. The summed E-state index contributed by atoms with van der Waals surface area (Å²) in [5.41, 5.74) is 1.30. The number of nitrogens with zero attached hydrogens (tertiary/aromatic N) is 4. The molecule has 102 valence electrons. The van der Waals surface area contributed by atoms with Crippen LogP contribution in [-0.2, 0) is 13.6 Å². The number of aryl methyl sites for hydroxylation is 3. The van der Waals surface area contributed by atoms with Gasteiger partial charge in [-0.2, -0.15) is 5.10 Å². The lowest BCUT2D eigenvalue weighted by Gasteiger charge is -2.14. The highest BCUT2D eigenvalue weighted by molar-refractivity contribution is 5.20. The Morgan fingerprint density at radius 1 is 1.47 bits per heavy atom. The molecule has 2 aromatic heterocycles. The summed E-state index contributed by atoms with van der Waals surface area (Å²) in [6, 6.07) is -0.111. The number of hydrogen-bond donors (Lipinski definition) is 2. The first kappa shape index (κ1) is 13.4. The highest BCUT2D eigenvalue weighted by atomic mass is 16.1. The van der Waals surface area contributed by atoms with Crippen molar-refractivity contribution in [3.63, 3.8) is 0 Å². The first-order chi connectivity index (χ1) is 8.97. The van der Waals surface area contributed by atoms with Gasteiger partial charge in [0.1, 0.15) is 12.2 Å². The number of hydrogen-bond acceptors (Lipinski definition) is 5. The van der Waals surface area contributed by atoms with Gasteiger partial charge in [-0.25, -0.2) is 9.97 Å². The lowest BCUT2D eigenvalue weighted by Crippen LogP contribution is -2.28. The third kappa shape index (κ3) is 3.05. The van der Waals surface area contributed by atoms with Crippen molar-refractivity contribution < 1.29 is 0 Å². The van der Waals surface area contributed by atoms with Gasteiger partial charge in [-0.3, -0.25) is 9.48 Å². The van der Waals surface area contributed by atoms with Crippen LogP contribution in [0, 0.1) is 13.8 Å². The van der Waals surface area contributed by atoms with Crippen molar-refractivity contribution >= 4 is 0 Å². The zero-order valence-corrected chi connectivity index (χ0v) is 11.6. The normalized spacial score (nSPS) is 12.6. The van der Waals surface area contributed by atoms with Crippen molar-refractivity contribution in [2.24, 2.45) is 7.05 Å². The molecule has 19 heavy (non-hydrogen) atoms. The molecule has 7 nitrogen and oxygen atoms in total. The molecule has 0 saturated carbocycles. The van der Waals surface area contributed by atoms with Gasteiger partial charge in [-0.05, 0) is 20.8 Å². The van der Waals surface area contributed by atoms with Gasteiger partial charge in [0.25, 0.3) is 5.56 Å². The number of nitrogens with one attached hydrogen (secondary N) is 2. The van der Waals surface area contributed by atoms with Crippen molar-refractivity contribution in [1.29, 1.82) is 0 Å². The predicted molar refractivity (Wildman–Crippen MR) is 70.6 cm³/mol. The summed E-state index contributed by atoms with van der Waals surface area (Å²) >= 11 is 0. The maximum absolute atomic E-state index is 11.9. The van der Waals surface area contributed by atoms with Crippen LogP contribution in [0.3, 0.4) is 0 Å². The van der Waals surface area contributed by atoms with Gasteiger partial charge < -0.3 is 10.3 Å². The summed E-state index contributed by atoms with van der Waals surface area (Å²) in [6.07, 6.45) is 1.65. The van der Waals surface area contributed by atoms with E-state index in [-0.39, 0.29) is 11.6 Å². The van der Waals surface area contributed by atoms with E-state index in [0.717, 1.165) is 5.69 Å². The maximum atomic E-state index is 11.9. The molecule has 2 aromatic rings. The summed E-state index contributed by atoms with van der Waals surface area (Å²) in [5, 5.41) is 7.41. The summed E-state index contributed by atoms with van der Waals surface area (Å²) in [4.78, 5) is 23.1. The van der Waals surface area contributed by atoms with Crippen molar-refractivity contribution in [1.82, 2.24) is 30.0 Å².